The van der Waals surface area contributed by atoms with E-state index < -0.39 is 18.1 Å². The van der Waals surface area contributed by atoms with Gasteiger partial charge in [0, 0.05) is 12.3 Å². The summed E-state index contributed by atoms with van der Waals surface area (Å²) >= 11 is 0. The van der Waals surface area contributed by atoms with E-state index in [1.165, 1.54) is 0 Å². The number of benzene rings is 4. The van der Waals surface area contributed by atoms with Gasteiger partial charge in [-0.1, -0.05) is 72.8 Å². The number of amides is 1. The van der Waals surface area contributed by atoms with Crippen molar-refractivity contribution in [1.82, 2.24) is 5.32 Å². The first-order chi connectivity index (χ1) is 17.0. The van der Waals surface area contributed by atoms with Gasteiger partial charge in [-0.05, 0) is 50.7 Å². The zero-order chi connectivity index (χ0) is 24.4. The number of carbonyl (C=O) groups excluding carboxylic acids is 1. The molecule has 6 heteroatoms. The number of carboxylic acid groups (broad SMARTS) is 1. The molecule has 0 saturated carbocycles. The number of hydrogen-bond acceptors (Lipinski definition) is 4. The summed E-state index contributed by atoms with van der Waals surface area (Å²) in [6.07, 6.45) is -0.605. The van der Waals surface area contributed by atoms with Crippen molar-refractivity contribution in [2.45, 2.75) is 18.4 Å². The number of carbonyl (C=O) groups is 2. The Kier molecular flexibility index (Phi) is 6.10. The lowest BCUT2D eigenvalue weighted by atomic mass is 9.98. The Morgan fingerprint density at radius 1 is 0.886 bits per heavy atom. The van der Waals surface area contributed by atoms with Crippen molar-refractivity contribution in [3.63, 3.8) is 0 Å². The SMILES string of the molecule is COc1ccc2cc(C[C@H](NC(=O)OCC3c4ccccc4-c4ccccc43)C(=O)O)ccc2c1. The highest BCUT2D eigenvalue weighted by Gasteiger charge is 2.29. The van der Waals surface area contributed by atoms with Gasteiger partial charge in [-0.25, -0.2) is 9.59 Å². The van der Waals surface area contributed by atoms with E-state index in [0.29, 0.717) is 0 Å². The van der Waals surface area contributed by atoms with E-state index >= 15 is 0 Å². The molecular formula is C29H25NO5. The van der Waals surface area contributed by atoms with Crippen LogP contribution in [0.15, 0.2) is 84.9 Å². The third-order valence-corrected chi connectivity index (χ3v) is 6.49. The first kappa shape index (κ1) is 22.5. The highest BCUT2D eigenvalue weighted by Crippen LogP contribution is 2.44. The Morgan fingerprint density at radius 3 is 2.17 bits per heavy atom. The number of fused-ring (bicyclic) bond motifs is 4. The van der Waals surface area contributed by atoms with E-state index in [-0.39, 0.29) is 18.9 Å². The zero-order valence-electron chi connectivity index (χ0n) is 19.2. The van der Waals surface area contributed by atoms with Crippen LogP contribution in [0.3, 0.4) is 0 Å². The Balaban J connectivity index is 1.26. The third kappa shape index (κ3) is 4.55. The van der Waals surface area contributed by atoms with Crippen LogP contribution < -0.4 is 10.1 Å². The van der Waals surface area contributed by atoms with E-state index in [2.05, 4.69) is 17.4 Å². The minimum atomic E-state index is -1.12. The van der Waals surface area contributed by atoms with Crippen molar-refractivity contribution >= 4 is 22.8 Å². The average Bonchev–Trinajstić information content (AvgIpc) is 3.20. The molecule has 4 aromatic carbocycles. The molecule has 0 aromatic heterocycles. The maximum absolute atomic E-state index is 12.6. The highest BCUT2D eigenvalue weighted by atomic mass is 16.5. The van der Waals surface area contributed by atoms with Crippen molar-refractivity contribution in [2.75, 3.05) is 13.7 Å². The molecule has 1 aliphatic rings. The van der Waals surface area contributed by atoms with Crippen molar-refractivity contribution < 1.29 is 24.2 Å². The van der Waals surface area contributed by atoms with Gasteiger partial charge < -0.3 is 19.9 Å². The van der Waals surface area contributed by atoms with Crippen LogP contribution in [0.4, 0.5) is 4.79 Å². The number of rotatable bonds is 7. The molecule has 2 N–H and O–H groups in total. The molecule has 5 rings (SSSR count). The summed E-state index contributed by atoms with van der Waals surface area (Å²) < 4.78 is 10.8. The Labute approximate surface area is 203 Å². The van der Waals surface area contributed by atoms with E-state index in [0.717, 1.165) is 44.3 Å². The fourth-order valence-electron chi connectivity index (χ4n) is 4.75. The molecule has 35 heavy (non-hydrogen) atoms. The second-order valence-corrected chi connectivity index (χ2v) is 8.61. The van der Waals surface area contributed by atoms with Crippen LogP contribution in [-0.4, -0.2) is 36.9 Å². The van der Waals surface area contributed by atoms with Gasteiger partial charge in [-0.15, -0.1) is 0 Å². The molecule has 0 fully saturated rings. The topological polar surface area (TPSA) is 84.9 Å². The molecule has 6 nitrogen and oxygen atoms in total. The van der Waals surface area contributed by atoms with Crippen LogP contribution in [0.25, 0.3) is 21.9 Å². The fourth-order valence-corrected chi connectivity index (χ4v) is 4.75. The van der Waals surface area contributed by atoms with Crippen molar-refractivity contribution in [2.24, 2.45) is 0 Å². The Morgan fingerprint density at radius 2 is 1.51 bits per heavy atom. The number of carboxylic acids is 1. The van der Waals surface area contributed by atoms with E-state index in [9.17, 15) is 14.7 Å². The van der Waals surface area contributed by atoms with E-state index in [1.807, 2.05) is 72.8 Å². The molecular weight excluding hydrogens is 442 g/mol. The van der Waals surface area contributed by atoms with Crippen molar-refractivity contribution in [3.8, 4) is 16.9 Å². The van der Waals surface area contributed by atoms with Gasteiger partial charge in [0.2, 0.25) is 0 Å². The van der Waals surface area contributed by atoms with Gasteiger partial charge in [-0.3, -0.25) is 0 Å². The summed E-state index contributed by atoms with van der Waals surface area (Å²) in [5, 5.41) is 14.2. The molecule has 1 aliphatic carbocycles. The quantitative estimate of drug-likeness (QED) is 0.381. The maximum Gasteiger partial charge on any atom is 0.407 e. The average molecular weight is 468 g/mol. The lowest BCUT2D eigenvalue weighted by Gasteiger charge is -2.18. The van der Waals surface area contributed by atoms with Crippen LogP contribution in [0, 0.1) is 0 Å². The smallest absolute Gasteiger partial charge is 0.407 e. The number of methoxy groups -OCH3 is 1. The number of alkyl carbamates (subject to hydrolysis) is 1. The van der Waals surface area contributed by atoms with Gasteiger partial charge in [0.1, 0.15) is 18.4 Å². The summed E-state index contributed by atoms with van der Waals surface area (Å²) in [7, 11) is 1.61. The normalized spacial score (nSPS) is 13.1. The standard InChI is InChI=1S/C29H25NO5/c1-34-21-13-12-19-14-18(10-11-20(19)16-21)15-27(28(31)32)30-29(33)35-17-26-24-8-4-2-6-22(24)23-7-3-5-9-25(23)26/h2-14,16,26-27H,15,17H2,1H3,(H,30,33)(H,31,32)/t27-/m0/s1. The Bertz CT molecular complexity index is 1370. The van der Waals surface area contributed by atoms with Gasteiger partial charge in [-0.2, -0.15) is 0 Å². The monoisotopic (exact) mass is 467 g/mol. The lowest BCUT2D eigenvalue weighted by molar-refractivity contribution is -0.139. The molecule has 4 aromatic rings. The third-order valence-electron chi connectivity index (χ3n) is 6.49. The number of nitrogens with one attached hydrogen (secondary N) is 1. The predicted octanol–water partition coefficient (Wildman–Crippen LogP) is 5.38. The summed E-state index contributed by atoms with van der Waals surface area (Å²) in [5.41, 5.74) is 5.27. The first-order valence-corrected chi connectivity index (χ1v) is 11.4. The van der Waals surface area contributed by atoms with Gasteiger partial charge >= 0.3 is 12.1 Å². The van der Waals surface area contributed by atoms with Crippen LogP contribution in [-0.2, 0) is 16.0 Å². The molecule has 0 spiro atoms. The number of aliphatic carboxylic acids is 1. The minimum absolute atomic E-state index is 0.0890. The highest BCUT2D eigenvalue weighted by molar-refractivity contribution is 5.85. The van der Waals surface area contributed by atoms with E-state index in [4.69, 9.17) is 9.47 Å². The largest absolute Gasteiger partial charge is 0.497 e. The summed E-state index contributed by atoms with van der Waals surface area (Å²) in [6.45, 7) is 0.129. The summed E-state index contributed by atoms with van der Waals surface area (Å²) in [5.74, 6) is -0.451. The minimum Gasteiger partial charge on any atom is -0.497 e. The molecule has 0 unspecified atom stereocenters. The van der Waals surface area contributed by atoms with Crippen LogP contribution >= 0.6 is 0 Å². The molecule has 1 amide bonds. The van der Waals surface area contributed by atoms with Gasteiger partial charge in [0.15, 0.2) is 0 Å². The van der Waals surface area contributed by atoms with Gasteiger partial charge in [0.05, 0.1) is 7.11 Å². The van der Waals surface area contributed by atoms with Crippen LogP contribution in [0.5, 0.6) is 5.75 Å². The van der Waals surface area contributed by atoms with Crippen LogP contribution in [0.2, 0.25) is 0 Å². The second kappa shape index (κ2) is 9.50. The predicted molar refractivity (Wildman–Crippen MR) is 134 cm³/mol. The van der Waals surface area contributed by atoms with Crippen molar-refractivity contribution in [1.29, 1.82) is 0 Å². The maximum atomic E-state index is 12.6. The summed E-state index contributed by atoms with van der Waals surface area (Å²) in [6, 6.07) is 26.4. The van der Waals surface area contributed by atoms with Crippen LogP contribution in [0.1, 0.15) is 22.6 Å². The molecule has 0 saturated heterocycles. The molecule has 0 radical (unpaired) electrons. The van der Waals surface area contributed by atoms with Crippen molar-refractivity contribution in [3.05, 3.63) is 102 Å². The first-order valence-electron chi connectivity index (χ1n) is 11.4. The lowest BCUT2D eigenvalue weighted by Crippen LogP contribution is -2.42. The fraction of sp³-hybridized carbons (Fsp3) is 0.172. The molecule has 176 valence electrons. The summed E-state index contributed by atoms with van der Waals surface area (Å²) in [4.78, 5) is 24.5. The van der Waals surface area contributed by atoms with E-state index in [1.54, 1.807) is 7.11 Å². The Hall–Kier alpha value is -4.32. The van der Waals surface area contributed by atoms with Gasteiger partial charge in [0.25, 0.3) is 0 Å². The zero-order valence-corrected chi connectivity index (χ0v) is 19.2. The second-order valence-electron chi connectivity index (χ2n) is 8.61. The number of ether oxygens (including phenoxy) is 2. The molecule has 1 atom stereocenters. The molecule has 0 aliphatic heterocycles. The molecule has 0 bridgehead atoms. The molecule has 0 heterocycles. The number of hydrogen-bond donors (Lipinski definition) is 2.